The Labute approximate surface area is 131 Å². The molecule has 1 aromatic heterocycles. The molecule has 108 valence electrons. The minimum absolute atomic E-state index is 0.0544. The third kappa shape index (κ3) is 3.59. The van der Waals surface area contributed by atoms with E-state index in [0.29, 0.717) is 12.0 Å². The topological polar surface area (TPSA) is 21.3 Å². The summed E-state index contributed by atoms with van der Waals surface area (Å²) in [4.78, 5) is 1.11. The molecule has 0 spiro atoms. The van der Waals surface area contributed by atoms with Crippen LogP contribution in [0.25, 0.3) is 0 Å². The summed E-state index contributed by atoms with van der Waals surface area (Å²) in [5, 5.41) is 5.40. The monoisotopic (exact) mass is 357 g/mol. The fourth-order valence-electron chi connectivity index (χ4n) is 2.16. The Morgan fingerprint density at radius 1 is 1.40 bits per heavy atom. The highest BCUT2D eigenvalue weighted by atomic mass is 79.9. The van der Waals surface area contributed by atoms with E-state index in [1.807, 2.05) is 24.4 Å². The van der Waals surface area contributed by atoms with Gasteiger partial charge in [0.1, 0.15) is 11.6 Å². The van der Waals surface area contributed by atoms with Crippen molar-refractivity contribution in [1.29, 1.82) is 0 Å². The number of benzene rings is 1. The molecule has 0 aliphatic rings. The molecule has 0 aliphatic carbocycles. The summed E-state index contributed by atoms with van der Waals surface area (Å²) in [5.74, 6) is 0.683. The molecule has 2 rings (SSSR count). The fraction of sp³-hybridized carbons (Fsp3) is 0.333. The number of thiophene rings is 1. The molecule has 0 amide bonds. The molecule has 2 nitrogen and oxygen atoms in total. The maximum absolute atomic E-state index is 13.9. The van der Waals surface area contributed by atoms with Crippen molar-refractivity contribution >= 4 is 27.3 Å². The van der Waals surface area contributed by atoms with E-state index in [2.05, 4.69) is 21.2 Å². The predicted octanol–water partition coefficient (Wildman–Crippen LogP) is 4.55. The zero-order valence-electron chi connectivity index (χ0n) is 11.5. The second kappa shape index (κ2) is 7.20. The summed E-state index contributed by atoms with van der Waals surface area (Å²) >= 11 is 5.02. The molecule has 2 aromatic rings. The average molecular weight is 358 g/mol. The van der Waals surface area contributed by atoms with Crippen molar-refractivity contribution in [3.63, 3.8) is 0 Å². The lowest BCUT2D eigenvalue weighted by Gasteiger charge is -2.18. The van der Waals surface area contributed by atoms with Gasteiger partial charge in [-0.2, -0.15) is 0 Å². The third-order valence-corrected chi connectivity index (χ3v) is 4.58. The first kappa shape index (κ1) is 15.5. The summed E-state index contributed by atoms with van der Waals surface area (Å²) in [6.45, 7) is 2.87. The first-order valence-corrected chi connectivity index (χ1v) is 8.11. The van der Waals surface area contributed by atoms with Crippen LogP contribution in [0.1, 0.15) is 23.4 Å². The van der Waals surface area contributed by atoms with Crippen LogP contribution in [-0.2, 0) is 6.42 Å². The van der Waals surface area contributed by atoms with E-state index in [1.54, 1.807) is 24.5 Å². The van der Waals surface area contributed by atoms with Crippen LogP contribution in [0.4, 0.5) is 4.39 Å². The van der Waals surface area contributed by atoms with Gasteiger partial charge in [0, 0.05) is 10.5 Å². The standard InChI is InChI=1S/C15H17BrFNOS/c1-3-18-13(15-14(19-2)6-7-20-15)9-10-8-11(16)4-5-12(10)17/h4-8,13,18H,3,9H2,1-2H3. The molecule has 1 N–H and O–H groups in total. The Bertz CT molecular complexity index is 573. The van der Waals surface area contributed by atoms with Crippen molar-refractivity contribution < 1.29 is 9.13 Å². The molecule has 0 saturated heterocycles. The summed E-state index contributed by atoms with van der Waals surface area (Å²) in [6, 6.07) is 7.04. The number of nitrogens with one attached hydrogen (secondary N) is 1. The van der Waals surface area contributed by atoms with Gasteiger partial charge in [0.2, 0.25) is 0 Å². The van der Waals surface area contributed by atoms with Crippen LogP contribution in [0.5, 0.6) is 5.75 Å². The van der Waals surface area contributed by atoms with Gasteiger partial charge in [-0.25, -0.2) is 4.39 Å². The Hall–Kier alpha value is -0.910. The second-order valence-corrected chi connectivity index (χ2v) is 6.27. The first-order valence-electron chi connectivity index (χ1n) is 6.44. The molecule has 1 heterocycles. The van der Waals surface area contributed by atoms with Gasteiger partial charge in [-0.05, 0) is 48.2 Å². The van der Waals surface area contributed by atoms with E-state index in [-0.39, 0.29) is 11.9 Å². The zero-order chi connectivity index (χ0) is 14.5. The Morgan fingerprint density at radius 2 is 2.20 bits per heavy atom. The van der Waals surface area contributed by atoms with Gasteiger partial charge in [-0.1, -0.05) is 22.9 Å². The highest BCUT2D eigenvalue weighted by molar-refractivity contribution is 9.10. The largest absolute Gasteiger partial charge is 0.496 e. The third-order valence-electron chi connectivity index (χ3n) is 3.08. The van der Waals surface area contributed by atoms with Crippen LogP contribution in [0.3, 0.4) is 0 Å². The molecule has 1 aromatic carbocycles. The fourth-order valence-corrected chi connectivity index (χ4v) is 3.50. The maximum atomic E-state index is 13.9. The van der Waals surface area contributed by atoms with E-state index in [0.717, 1.165) is 21.6 Å². The van der Waals surface area contributed by atoms with Crippen LogP contribution in [-0.4, -0.2) is 13.7 Å². The van der Waals surface area contributed by atoms with E-state index in [1.165, 1.54) is 6.07 Å². The number of hydrogen-bond donors (Lipinski definition) is 1. The number of hydrogen-bond acceptors (Lipinski definition) is 3. The smallest absolute Gasteiger partial charge is 0.134 e. The van der Waals surface area contributed by atoms with Crippen molar-refractivity contribution in [2.45, 2.75) is 19.4 Å². The molecule has 0 bridgehead atoms. The van der Waals surface area contributed by atoms with Crippen molar-refractivity contribution in [1.82, 2.24) is 5.32 Å². The molecule has 0 fully saturated rings. The van der Waals surface area contributed by atoms with E-state index >= 15 is 0 Å². The van der Waals surface area contributed by atoms with Crippen molar-refractivity contribution in [3.05, 3.63) is 50.4 Å². The Balaban J connectivity index is 2.27. The van der Waals surface area contributed by atoms with Gasteiger partial charge < -0.3 is 10.1 Å². The minimum Gasteiger partial charge on any atom is -0.496 e. The van der Waals surface area contributed by atoms with Gasteiger partial charge >= 0.3 is 0 Å². The molecule has 0 radical (unpaired) electrons. The van der Waals surface area contributed by atoms with E-state index < -0.39 is 0 Å². The summed E-state index contributed by atoms with van der Waals surface area (Å²) in [5.41, 5.74) is 0.695. The SMILES string of the molecule is CCNC(Cc1cc(Br)ccc1F)c1sccc1OC. The molecule has 1 unspecified atom stereocenters. The van der Waals surface area contributed by atoms with Gasteiger partial charge in [0.05, 0.1) is 12.0 Å². The number of methoxy groups -OCH3 is 1. The van der Waals surface area contributed by atoms with Crippen LogP contribution >= 0.6 is 27.3 Å². The molecule has 20 heavy (non-hydrogen) atoms. The van der Waals surface area contributed by atoms with Crippen LogP contribution < -0.4 is 10.1 Å². The number of likely N-dealkylation sites (N-methyl/N-ethyl adjacent to an activating group) is 1. The minimum atomic E-state index is -0.174. The Morgan fingerprint density at radius 3 is 2.90 bits per heavy atom. The number of halogens is 2. The highest BCUT2D eigenvalue weighted by Gasteiger charge is 2.19. The van der Waals surface area contributed by atoms with Crippen molar-refractivity contribution in [2.75, 3.05) is 13.7 Å². The maximum Gasteiger partial charge on any atom is 0.134 e. The summed E-state index contributed by atoms with van der Waals surface area (Å²) in [7, 11) is 1.66. The van der Waals surface area contributed by atoms with Gasteiger partial charge in [0.25, 0.3) is 0 Å². The van der Waals surface area contributed by atoms with E-state index in [9.17, 15) is 4.39 Å². The molecular weight excluding hydrogens is 341 g/mol. The van der Waals surface area contributed by atoms with Crippen LogP contribution in [0.2, 0.25) is 0 Å². The quantitative estimate of drug-likeness (QED) is 0.818. The molecule has 5 heteroatoms. The Kier molecular flexibility index (Phi) is 5.57. The van der Waals surface area contributed by atoms with Crippen LogP contribution in [0.15, 0.2) is 34.1 Å². The normalized spacial score (nSPS) is 12.4. The second-order valence-electron chi connectivity index (χ2n) is 4.40. The van der Waals surface area contributed by atoms with Crippen molar-refractivity contribution in [2.24, 2.45) is 0 Å². The van der Waals surface area contributed by atoms with Gasteiger partial charge in [0.15, 0.2) is 0 Å². The lowest BCUT2D eigenvalue weighted by molar-refractivity contribution is 0.403. The highest BCUT2D eigenvalue weighted by Crippen LogP contribution is 2.33. The molecule has 0 aliphatic heterocycles. The van der Waals surface area contributed by atoms with Crippen LogP contribution in [0, 0.1) is 5.82 Å². The zero-order valence-corrected chi connectivity index (χ0v) is 13.9. The lowest BCUT2D eigenvalue weighted by atomic mass is 10.0. The van der Waals surface area contributed by atoms with E-state index in [4.69, 9.17) is 4.74 Å². The number of ether oxygens (including phenoxy) is 1. The van der Waals surface area contributed by atoms with Crippen molar-refractivity contribution in [3.8, 4) is 5.75 Å². The first-order chi connectivity index (χ1) is 9.65. The summed E-state index contributed by atoms with van der Waals surface area (Å²) in [6.07, 6.45) is 0.593. The van der Waals surface area contributed by atoms with Gasteiger partial charge in [-0.3, -0.25) is 0 Å². The lowest BCUT2D eigenvalue weighted by Crippen LogP contribution is -2.23. The predicted molar refractivity (Wildman–Crippen MR) is 85.1 cm³/mol. The number of rotatable bonds is 6. The van der Waals surface area contributed by atoms with Gasteiger partial charge in [-0.15, -0.1) is 11.3 Å². The summed E-state index contributed by atoms with van der Waals surface area (Å²) < 4.78 is 20.2. The average Bonchev–Trinajstić information content (AvgIpc) is 2.90. The molecule has 0 saturated carbocycles. The molecular formula is C15H17BrFNOS. The molecule has 1 atom stereocenters.